The molecule has 1 unspecified atom stereocenters. The fraction of sp³-hybridized carbons (Fsp3) is 0.462. The first-order valence-corrected chi connectivity index (χ1v) is 6.79. The van der Waals surface area contributed by atoms with Gasteiger partial charge in [0.05, 0.1) is 7.11 Å². The summed E-state index contributed by atoms with van der Waals surface area (Å²) in [5, 5.41) is 2.83. The molecule has 1 amide bonds. The quantitative estimate of drug-likeness (QED) is 0.848. The minimum Gasteiger partial charge on any atom is -0.494 e. The predicted molar refractivity (Wildman–Crippen MR) is 70.7 cm³/mol. The zero-order valence-electron chi connectivity index (χ0n) is 10.1. The maximum Gasteiger partial charge on any atom is 0.251 e. The Bertz CT molecular complexity index is 449. The van der Waals surface area contributed by atoms with Crippen LogP contribution in [0.25, 0.3) is 0 Å². The minimum atomic E-state index is -0.467. The molecule has 1 N–H and O–H groups in total. The topological polar surface area (TPSA) is 38.3 Å². The van der Waals surface area contributed by atoms with Crippen LogP contribution in [-0.4, -0.2) is 24.4 Å². The molecule has 1 fully saturated rings. The maximum atomic E-state index is 13.2. The van der Waals surface area contributed by atoms with Crippen LogP contribution in [0.15, 0.2) is 18.2 Å². The van der Waals surface area contributed by atoms with Crippen molar-refractivity contribution >= 4 is 21.8 Å². The molecule has 0 saturated heterocycles. The van der Waals surface area contributed by atoms with Crippen molar-refractivity contribution in [2.24, 2.45) is 5.92 Å². The van der Waals surface area contributed by atoms with Gasteiger partial charge in [0.1, 0.15) is 0 Å². The van der Waals surface area contributed by atoms with Crippen LogP contribution in [0.2, 0.25) is 0 Å². The normalized spacial score (nSPS) is 16.2. The maximum absolute atomic E-state index is 13.2. The molecule has 98 valence electrons. The number of carbonyl (C=O) groups excluding carboxylic acids is 1. The smallest absolute Gasteiger partial charge is 0.251 e. The summed E-state index contributed by atoms with van der Waals surface area (Å²) in [7, 11) is 1.38. The SMILES string of the molecule is COc1cc(C(=O)NCC(Br)C2CC2)ccc1F. The molecule has 1 aromatic rings. The molecule has 0 aliphatic heterocycles. The molecule has 1 aliphatic carbocycles. The second-order valence-corrected chi connectivity index (χ2v) is 5.59. The van der Waals surface area contributed by atoms with Crippen LogP contribution in [0.4, 0.5) is 4.39 Å². The molecule has 0 spiro atoms. The molecule has 1 saturated carbocycles. The van der Waals surface area contributed by atoms with Crippen LogP contribution in [0.3, 0.4) is 0 Å². The molecule has 0 aromatic heterocycles. The summed E-state index contributed by atoms with van der Waals surface area (Å²) < 4.78 is 18.0. The molecule has 2 rings (SSSR count). The molecule has 0 heterocycles. The summed E-state index contributed by atoms with van der Waals surface area (Å²) in [6, 6.07) is 4.10. The first kappa shape index (κ1) is 13.3. The Kier molecular flexibility index (Phi) is 4.22. The summed E-state index contributed by atoms with van der Waals surface area (Å²) in [6.07, 6.45) is 2.44. The van der Waals surface area contributed by atoms with Gasteiger partial charge in [0.25, 0.3) is 5.91 Å². The third-order valence-corrected chi connectivity index (χ3v) is 4.08. The molecule has 0 bridgehead atoms. The first-order valence-electron chi connectivity index (χ1n) is 5.87. The van der Waals surface area contributed by atoms with Crippen molar-refractivity contribution in [3.63, 3.8) is 0 Å². The van der Waals surface area contributed by atoms with E-state index < -0.39 is 5.82 Å². The predicted octanol–water partition coefficient (Wildman–Crippen LogP) is 2.74. The molecule has 1 aromatic carbocycles. The lowest BCUT2D eigenvalue weighted by Gasteiger charge is -2.10. The minimum absolute atomic E-state index is 0.0836. The van der Waals surface area contributed by atoms with Crippen LogP contribution in [0.5, 0.6) is 5.75 Å². The molecule has 1 atom stereocenters. The monoisotopic (exact) mass is 315 g/mol. The zero-order chi connectivity index (χ0) is 13.1. The first-order chi connectivity index (χ1) is 8.61. The highest BCUT2D eigenvalue weighted by molar-refractivity contribution is 9.09. The van der Waals surface area contributed by atoms with Gasteiger partial charge in [0.15, 0.2) is 11.6 Å². The van der Waals surface area contributed by atoms with Gasteiger partial charge in [-0.05, 0) is 37.0 Å². The number of halogens is 2. The highest BCUT2D eigenvalue weighted by Crippen LogP contribution is 2.36. The summed E-state index contributed by atoms with van der Waals surface area (Å²) in [6.45, 7) is 0.586. The van der Waals surface area contributed by atoms with Crippen molar-refractivity contribution in [3.8, 4) is 5.75 Å². The molecule has 3 nitrogen and oxygen atoms in total. The number of hydrogen-bond acceptors (Lipinski definition) is 2. The molecule has 5 heteroatoms. The van der Waals surface area contributed by atoms with Gasteiger partial charge in [-0.3, -0.25) is 4.79 Å². The number of ether oxygens (including phenoxy) is 1. The van der Waals surface area contributed by atoms with Gasteiger partial charge in [-0.2, -0.15) is 0 Å². The van der Waals surface area contributed by atoms with Crippen LogP contribution in [-0.2, 0) is 0 Å². The van der Waals surface area contributed by atoms with E-state index in [9.17, 15) is 9.18 Å². The highest BCUT2D eigenvalue weighted by atomic mass is 79.9. The van der Waals surface area contributed by atoms with E-state index in [2.05, 4.69) is 21.2 Å². The Labute approximate surface area is 114 Å². The summed E-state index contributed by atoms with van der Waals surface area (Å²) in [4.78, 5) is 12.2. The lowest BCUT2D eigenvalue weighted by atomic mass is 10.2. The fourth-order valence-corrected chi connectivity index (χ4v) is 2.41. The Balaban J connectivity index is 1.95. The average Bonchev–Trinajstić information content (AvgIpc) is 3.20. The highest BCUT2D eigenvalue weighted by Gasteiger charge is 2.29. The van der Waals surface area contributed by atoms with Crippen molar-refractivity contribution in [2.45, 2.75) is 17.7 Å². The Morgan fingerprint density at radius 2 is 2.33 bits per heavy atom. The van der Waals surface area contributed by atoms with Crippen molar-refractivity contribution in [2.75, 3.05) is 13.7 Å². The molecule has 0 radical (unpaired) electrons. The van der Waals surface area contributed by atoms with Crippen LogP contribution in [0, 0.1) is 11.7 Å². The largest absolute Gasteiger partial charge is 0.494 e. The van der Waals surface area contributed by atoms with E-state index in [1.807, 2.05) is 0 Å². The number of amides is 1. The van der Waals surface area contributed by atoms with Gasteiger partial charge < -0.3 is 10.1 Å². The number of rotatable bonds is 5. The van der Waals surface area contributed by atoms with Crippen LogP contribution in [0.1, 0.15) is 23.2 Å². The van der Waals surface area contributed by atoms with E-state index in [0.717, 1.165) is 0 Å². The van der Waals surface area contributed by atoms with Crippen LogP contribution >= 0.6 is 15.9 Å². The van der Waals surface area contributed by atoms with Gasteiger partial charge in [-0.25, -0.2) is 4.39 Å². The zero-order valence-corrected chi connectivity index (χ0v) is 11.7. The van der Waals surface area contributed by atoms with E-state index in [1.54, 1.807) is 0 Å². The molecule has 1 aliphatic rings. The van der Waals surface area contributed by atoms with Gasteiger partial charge in [-0.15, -0.1) is 0 Å². The van der Waals surface area contributed by atoms with E-state index >= 15 is 0 Å². The standard InChI is InChI=1S/C13H15BrFNO2/c1-18-12-6-9(4-5-11(12)15)13(17)16-7-10(14)8-2-3-8/h4-6,8,10H,2-3,7H2,1H3,(H,16,17). The second-order valence-electron chi connectivity index (χ2n) is 4.41. The van der Waals surface area contributed by atoms with Crippen molar-refractivity contribution in [1.29, 1.82) is 0 Å². The van der Waals surface area contributed by atoms with Crippen molar-refractivity contribution in [3.05, 3.63) is 29.6 Å². The van der Waals surface area contributed by atoms with Crippen molar-refractivity contribution < 1.29 is 13.9 Å². The number of alkyl halides is 1. The summed E-state index contributed by atoms with van der Waals surface area (Å²) >= 11 is 3.55. The van der Waals surface area contributed by atoms with E-state index in [4.69, 9.17) is 4.74 Å². The Morgan fingerprint density at radius 3 is 2.94 bits per heavy atom. The third-order valence-electron chi connectivity index (χ3n) is 3.00. The van der Waals surface area contributed by atoms with Crippen molar-refractivity contribution in [1.82, 2.24) is 5.32 Å². The number of hydrogen-bond donors (Lipinski definition) is 1. The number of nitrogens with one attached hydrogen (secondary N) is 1. The molecular formula is C13H15BrFNO2. The van der Waals surface area contributed by atoms with E-state index in [1.165, 1.54) is 38.2 Å². The van der Waals surface area contributed by atoms with Gasteiger partial charge in [0.2, 0.25) is 0 Å². The lowest BCUT2D eigenvalue weighted by Crippen LogP contribution is -2.30. The van der Waals surface area contributed by atoms with Crippen LogP contribution < -0.4 is 10.1 Å². The summed E-state index contributed by atoms with van der Waals surface area (Å²) in [5.41, 5.74) is 0.406. The van der Waals surface area contributed by atoms with E-state index in [-0.39, 0.29) is 11.7 Å². The van der Waals surface area contributed by atoms with Gasteiger partial charge in [0, 0.05) is 16.9 Å². The number of carbonyl (C=O) groups is 1. The molecule has 18 heavy (non-hydrogen) atoms. The lowest BCUT2D eigenvalue weighted by molar-refractivity contribution is 0.0953. The number of benzene rings is 1. The Hall–Kier alpha value is -1.10. The second kappa shape index (κ2) is 5.69. The summed E-state index contributed by atoms with van der Waals surface area (Å²) in [5.74, 6) is 0.0806. The fourth-order valence-electron chi connectivity index (χ4n) is 1.72. The average molecular weight is 316 g/mol. The Morgan fingerprint density at radius 1 is 1.61 bits per heavy atom. The number of methoxy groups -OCH3 is 1. The van der Waals surface area contributed by atoms with Gasteiger partial charge in [-0.1, -0.05) is 15.9 Å². The third kappa shape index (κ3) is 3.22. The molecular weight excluding hydrogens is 301 g/mol. The van der Waals surface area contributed by atoms with E-state index in [0.29, 0.717) is 22.9 Å². The van der Waals surface area contributed by atoms with Gasteiger partial charge >= 0.3 is 0 Å².